The van der Waals surface area contributed by atoms with Gasteiger partial charge in [-0.1, -0.05) is 6.07 Å². The SMILES string of the molecule is COC(=O)c1cc(OC)c(OC)cc1NC(=O)N1CCc2[nH]cnc2C1c1cccnc1. The Morgan fingerprint density at radius 3 is 2.66 bits per heavy atom. The number of carbonyl (C=O) groups is 2. The summed E-state index contributed by atoms with van der Waals surface area (Å²) in [6.45, 7) is 0.446. The van der Waals surface area contributed by atoms with Crippen LogP contribution in [0.3, 0.4) is 0 Å². The molecule has 0 radical (unpaired) electrons. The van der Waals surface area contributed by atoms with Crippen LogP contribution in [0.2, 0.25) is 0 Å². The van der Waals surface area contributed by atoms with E-state index in [0.29, 0.717) is 24.5 Å². The minimum absolute atomic E-state index is 0.147. The van der Waals surface area contributed by atoms with Gasteiger partial charge in [0.1, 0.15) is 6.04 Å². The number of aromatic nitrogens is 3. The number of nitrogens with one attached hydrogen (secondary N) is 2. The number of carbonyl (C=O) groups excluding carboxylic acids is 2. The van der Waals surface area contributed by atoms with Gasteiger partial charge in [0.05, 0.1) is 44.6 Å². The summed E-state index contributed by atoms with van der Waals surface area (Å²) in [5, 5.41) is 2.84. The van der Waals surface area contributed by atoms with Crippen molar-refractivity contribution in [1.29, 1.82) is 0 Å². The number of amides is 2. The van der Waals surface area contributed by atoms with Crippen LogP contribution in [0.4, 0.5) is 10.5 Å². The van der Waals surface area contributed by atoms with Crippen LogP contribution in [-0.2, 0) is 11.2 Å². The second-order valence-electron chi connectivity index (χ2n) is 7.07. The third-order valence-corrected chi connectivity index (χ3v) is 5.36. The van der Waals surface area contributed by atoms with Crippen molar-refractivity contribution in [3.8, 4) is 11.5 Å². The molecule has 10 nitrogen and oxygen atoms in total. The number of ether oxygens (including phenoxy) is 3. The van der Waals surface area contributed by atoms with E-state index < -0.39 is 18.0 Å². The lowest BCUT2D eigenvalue weighted by atomic mass is 9.97. The lowest BCUT2D eigenvalue weighted by Crippen LogP contribution is -2.43. The van der Waals surface area contributed by atoms with Gasteiger partial charge in [-0.25, -0.2) is 14.6 Å². The molecule has 3 aromatic rings. The molecule has 0 saturated heterocycles. The second-order valence-corrected chi connectivity index (χ2v) is 7.07. The van der Waals surface area contributed by atoms with Crippen LogP contribution in [0.1, 0.15) is 33.4 Å². The van der Waals surface area contributed by atoms with E-state index in [1.54, 1.807) is 23.6 Å². The number of hydrogen-bond donors (Lipinski definition) is 2. The first-order valence-electron chi connectivity index (χ1n) is 9.91. The zero-order valence-corrected chi connectivity index (χ0v) is 17.9. The summed E-state index contributed by atoms with van der Waals surface area (Å²) in [7, 11) is 4.21. The molecule has 2 amide bonds. The van der Waals surface area contributed by atoms with E-state index in [-0.39, 0.29) is 11.3 Å². The molecule has 1 aliphatic rings. The maximum absolute atomic E-state index is 13.4. The number of fused-ring (bicyclic) bond motifs is 1. The third kappa shape index (κ3) is 3.82. The number of hydrogen-bond acceptors (Lipinski definition) is 7. The highest BCUT2D eigenvalue weighted by atomic mass is 16.5. The summed E-state index contributed by atoms with van der Waals surface area (Å²) in [6, 6.07) is 5.89. The van der Waals surface area contributed by atoms with Crippen molar-refractivity contribution in [1.82, 2.24) is 19.9 Å². The van der Waals surface area contributed by atoms with Gasteiger partial charge in [0, 0.05) is 43.2 Å². The Morgan fingerprint density at radius 2 is 1.97 bits per heavy atom. The van der Waals surface area contributed by atoms with Crippen molar-refractivity contribution < 1.29 is 23.8 Å². The van der Waals surface area contributed by atoms with Crippen molar-refractivity contribution in [2.75, 3.05) is 33.2 Å². The maximum Gasteiger partial charge on any atom is 0.340 e. The average molecular weight is 437 g/mol. The predicted molar refractivity (Wildman–Crippen MR) is 115 cm³/mol. The van der Waals surface area contributed by atoms with Crippen molar-refractivity contribution >= 4 is 17.7 Å². The van der Waals surface area contributed by atoms with Gasteiger partial charge < -0.3 is 29.4 Å². The Bertz CT molecular complexity index is 1130. The minimum Gasteiger partial charge on any atom is -0.493 e. The summed E-state index contributed by atoms with van der Waals surface area (Å²) in [5.41, 5.74) is 2.96. The summed E-state index contributed by atoms with van der Waals surface area (Å²) in [6.07, 6.45) is 5.63. The Balaban J connectivity index is 1.71. The molecule has 0 aliphatic carbocycles. The molecule has 0 saturated carbocycles. The van der Waals surface area contributed by atoms with Gasteiger partial charge in [0.2, 0.25) is 0 Å². The fourth-order valence-corrected chi connectivity index (χ4v) is 3.82. The van der Waals surface area contributed by atoms with E-state index in [0.717, 1.165) is 17.0 Å². The van der Waals surface area contributed by atoms with Gasteiger partial charge in [0.25, 0.3) is 0 Å². The molecule has 32 heavy (non-hydrogen) atoms. The molecule has 2 aromatic heterocycles. The number of esters is 1. The van der Waals surface area contributed by atoms with Crippen LogP contribution in [0, 0.1) is 0 Å². The molecule has 3 heterocycles. The molecule has 2 N–H and O–H groups in total. The summed E-state index contributed by atoms with van der Waals surface area (Å²) in [5.74, 6) is 0.101. The van der Waals surface area contributed by atoms with E-state index in [2.05, 4.69) is 20.3 Å². The molecule has 166 valence electrons. The molecule has 1 atom stereocenters. The van der Waals surface area contributed by atoms with Gasteiger partial charge in [-0.05, 0) is 11.6 Å². The van der Waals surface area contributed by atoms with Crippen molar-refractivity contribution in [2.24, 2.45) is 0 Å². The van der Waals surface area contributed by atoms with Gasteiger partial charge in [-0.3, -0.25) is 4.98 Å². The van der Waals surface area contributed by atoms with Crippen LogP contribution in [0.15, 0.2) is 43.0 Å². The molecule has 0 fully saturated rings. The van der Waals surface area contributed by atoms with E-state index in [1.165, 1.54) is 33.5 Å². The van der Waals surface area contributed by atoms with E-state index in [1.807, 2.05) is 12.1 Å². The Hall–Kier alpha value is -4.08. The molecule has 1 unspecified atom stereocenters. The zero-order valence-electron chi connectivity index (χ0n) is 17.9. The molecule has 1 aliphatic heterocycles. The zero-order chi connectivity index (χ0) is 22.7. The van der Waals surface area contributed by atoms with E-state index in [9.17, 15) is 9.59 Å². The highest BCUT2D eigenvalue weighted by Gasteiger charge is 2.35. The first kappa shape index (κ1) is 21.2. The van der Waals surface area contributed by atoms with E-state index >= 15 is 0 Å². The van der Waals surface area contributed by atoms with Crippen LogP contribution in [0.25, 0.3) is 0 Å². The number of pyridine rings is 1. The maximum atomic E-state index is 13.4. The third-order valence-electron chi connectivity index (χ3n) is 5.36. The van der Waals surface area contributed by atoms with Crippen molar-refractivity contribution in [2.45, 2.75) is 12.5 Å². The first-order valence-corrected chi connectivity index (χ1v) is 9.91. The largest absolute Gasteiger partial charge is 0.493 e. The van der Waals surface area contributed by atoms with Crippen LogP contribution in [0.5, 0.6) is 11.5 Å². The number of rotatable bonds is 5. The predicted octanol–water partition coefficient (Wildman–Crippen LogP) is 2.79. The molecule has 0 bridgehead atoms. The number of methoxy groups -OCH3 is 3. The number of aromatic amines is 1. The number of imidazole rings is 1. The number of anilines is 1. The Kier molecular flexibility index (Phi) is 5.93. The Morgan fingerprint density at radius 1 is 1.19 bits per heavy atom. The van der Waals surface area contributed by atoms with E-state index in [4.69, 9.17) is 14.2 Å². The summed E-state index contributed by atoms with van der Waals surface area (Å²) >= 11 is 0. The summed E-state index contributed by atoms with van der Waals surface area (Å²) in [4.78, 5) is 39.3. The lowest BCUT2D eigenvalue weighted by Gasteiger charge is -2.35. The molecule has 4 rings (SSSR count). The molecular weight excluding hydrogens is 414 g/mol. The smallest absolute Gasteiger partial charge is 0.340 e. The standard InChI is InChI=1S/C22H23N5O5/c1-30-17-9-14(21(28)32-3)16(10-18(17)31-2)26-22(29)27-8-6-15-19(25-12-24-15)20(27)13-5-4-7-23-11-13/h4-5,7,9-12,20H,6,8H2,1-3H3,(H,24,25)(H,26,29). The van der Waals surface area contributed by atoms with Crippen LogP contribution >= 0.6 is 0 Å². The Labute approximate surface area is 184 Å². The fourth-order valence-electron chi connectivity index (χ4n) is 3.82. The monoisotopic (exact) mass is 437 g/mol. The molecule has 0 spiro atoms. The molecule has 10 heteroatoms. The normalized spacial score (nSPS) is 15.0. The van der Waals surface area contributed by atoms with Crippen molar-refractivity contribution in [3.63, 3.8) is 0 Å². The van der Waals surface area contributed by atoms with Crippen molar-refractivity contribution in [3.05, 3.63) is 65.5 Å². The molecular formula is C22H23N5O5. The van der Waals surface area contributed by atoms with Gasteiger partial charge in [0.15, 0.2) is 11.5 Å². The average Bonchev–Trinajstić information content (AvgIpc) is 3.32. The van der Waals surface area contributed by atoms with Crippen LogP contribution in [-0.4, -0.2) is 59.7 Å². The first-order chi connectivity index (χ1) is 15.6. The quantitative estimate of drug-likeness (QED) is 0.589. The molecule has 1 aromatic carbocycles. The summed E-state index contributed by atoms with van der Waals surface area (Å²) < 4.78 is 15.5. The number of nitrogens with zero attached hydrogens (tertiary/aromatic N) is 3. The number of benzene rings is 1. The topological polar surface area (TPSA) is 119 Å². The highest BCUT2D eigenvalue weighted by Crippen LogP contribution is 2.36. The van der Waals surface area contributed by atoms with Gasteiger partial charge in [-0.15, -0.1) is 0 Å². The minimum atomic E-state index is -0.613. The second kappa shape index (κ2) is 8.96. The highest BCUT2D eigenvalue weighted by molar-refractivity contribution is 6.02. The van der Waals surface area contributed by atoms with Gasteiger partial charge >= 0.3 is 12.0 Å². The van der Waals surface area contributed by atoms with Gasteiger partial charge in [-0.2, -0.15) is 0 Å². The number of urea groups is 1. The number of H-pyrrole nitrogens is 1. The lowest BCUT2D eigenvalue weighted by molar-refractivity contribution is 0.0601. The van der Waals surface area contributed by atoms with Crippen LogP contribution < -0.4 is 14.8 Å². The fraction of sp³-hybridized carbons (Fsp3) is 0.273.